The molecule has 18 heavy (non-hydrogen) atoms. The average molecular weight is 264 g/mol. The third-order valence-electron chi connectivity index (χ3n) is 2.18. The molecule has 0 amide bonds. The van der Waals surface area contributed by atoms with E-state index in [1.54, 1.807) is 12.3 Å². The first-order chi connectivity index (χ1) is 8.56. The smallest absolute Gasteiger partial charge is 0.238 e. The summed E-state index contributed by atoms with van der Waals surface area (Å²) in [5, 5.41) is 1.69. The molecule has 0 aliphatic rings. The van der Waals surface area contributed by atoms with Crippen LogP contribution in [0.4, 0.5) is 5.69 Å². The Kier molecular flexibility index (Phi) is 3.76. The van der Waals surface area contributed by atoms with Crippen LogP contribution in [-0.2, 0) is 7.05 Å². The third-order valence-corrected chi connectivity index (χ3v) is 3.20. The van der Waals surface area contributed by atoms with Crippen LogP contribution in [0.2, 0.25) is 0 Å². The van der Waals surface area contributed by atoms with Gasteiger partial charge in [-0.05, 0) is 37.7 Å². The minimum Gasteiger partial charge on any atom is -0.473 e. The molecule has 0 saturated heterocycles. The topological polar surface area (TPSA) is 66.0 Å². The van der Waals surface area contributed by atoms with Gasteiger partial charge in [0.25, 0.3) is 0 Å². The molecular formula is C12H16N4OS. The summed E-state index contributed by atoms with van der Waals surface area (Å²) in [6.07, 6.45) is 3.70. The monoisotopic (exact) mass is 264 g/mol. The Hall–Kier alpha value is -1.69. The Balaban J connectivity index is 2.22. The summed E-state index contributed by atoms with van der Waals surface area (Å²) in [5.41, 5.74) is 6.37. The van der Waals surface area contributed by atoms with E-state index in [1.807, 2.05) is 37.7 Å². The number of nitrogen functional groups attached to an aromatic ring is 1. The lowest BCUT2D eigenvalue weighted by molar-refractivity contribution is 0.232. The summed E-state index contributed by atoms with van der Waals surface area (Å²) in [4.78, 5) is 8.63. The van der Waals surface area contributed by atoms with Gasteiger partial charge in [-0.15, -0.1) is 0 Å². The highest BCUT2D eigenvalue weighted by atomic mass is 32.2. The van der Waals surface area contributed by atoms with Gasteiger partial charge in [0.05, 0.1) is 11.8 Å². The van der Waals surface area contributed by atoms with E-state index in [4.69, 9.17) is 10.5 Å². The number of nitrogens with zero attached hydrogens (tertiary/aromatic N) is 3. The predicted octanol–water partition coefficient (Wildman–Crippen LogP) is 2.34. The maximum atomic E-state index is 5.82. The van der Waals surface area contributed by atoms with Crippen LogP contribution in [0, 0.1) is 0 Å². The fourth-order valence-corrected chi connectivity index (χ4v) is 2.12. The molecule has 2 rings (SSSR count). The summed E-state index contributed by atoms with van der Waals surface area (Å²) < 4.78 is 7.49. The second-order valence-corrected chi connectivity index (χ2v) is 5.12. The lowest BCUT2D eigenvalue weighted by Gasteiger charge is -2.11. The van der Waals surface area contributed by atoms with E-state index < -0.39 is 0 Å². The summed E-state index contributed by atoms with van der Waals surface area (Å²) in [6, 6.07) is 3.66. The molecule has 96 valence electrons. The molecule has 0 saturated carbocycles. The van der Waals surface area contributed by atoms with Crippen LogP contribution in [0.15, 0.2) is 34.7 Å². The predicted molar refractivity (Wildman–Crippen MR) is 71.7 cm³/mol. The molecule has 0 bridgehead atoms. The number of nitrogens with two attached hydrogens (primary N) is 1. The average Bonchev–Trinajstić information content (AvgIpc) is 2.69. The lowest BCUT2D eigenvalue weighted by atomic mass is 10.4. The van der Waals surface area contributed by atoms with Gasteiger partial charge in [-0.25, -0.2) is 9.97 Å². The van der Waals surface area contributed by atoms with Crippen molar-refractivity contribution in [3.63, 3.8) is 0 Å². The molecule has 2 heterocycles. The number of aromatic nitrogens is 3. The van der Waals surface area contributed by atoms with Crippen molar-refractivity contribution in [2.24, 2.45) is 7.05 Å². The SMILES string of the molecule is CC(C)Oc1nc(Sc2nccn2C)ccc1N. The van der Waals surface area contributed by atoms with E-state index in [1.165, 1.54) is 11.8 Å². The molecule has 0 spiro atoms. The first-order valence-corrected chi connectivity index (χ1v) is 6.46. The Morgan fingerprint density at radius 3 is 2.78 bits per heavy atom. The minimum absolute atomic E-state index is 0.0493. The molecule has 0 fully saturated rings. The van der Waals surface area contributed by atoms with Crippen molar-refractivity contribution in [2.45, 2.75) is 30.1 Å². The molecule has 0 aliphatic heterocycles. The van der Waals surface area contributed by atoms with E-state index in [0.717, 1.165) is 10.2 Å². The Bertz CT molecular complexity index is 539. The van der Waals surface area contributed by atoms with Gasteiger partial charge in [0.1, 0.15) is 5.03 Å². The van der Waals surface area contributed by atoms with Crippen molar-refractivity contribution in [1.82, 2.24) is 14.5 Å². The largest absolute Gasteiger partial charge is 0.473 e. The number of rotatable bonds is 4. The molecule has 0 aromatic carbocycles. The van der Waals surface area contributed by atoms with Crippen LogP contribution >= 0.6 is 11.8 Å². The number of hydrogen-bond donors (Lipinski definition) is 1. The number of pyridine rings is 1. The zero-order valence-corrected chi connectivity index (χ0v) is 11.4. The van der Waals surface area contributed by atoms with Crippen LogP contribution in [0.3, 0.4) is 0 Å². The van der Waals surface area contributed by atoms with Crippen molar-refractivity contribution in [3.8, 4) is 5.88 Å². The summed E-state index contributed by atoms with van der Waals surface area (Å²) >= 11 is 1.48. The first kappa shape index (κ1) is 12.8. The highest BCUT2D eigenvalue weighted by molar-refractivity contribution is 7.99. The Morgan fingerprint density at radius 1 is 1.39 bits per heavy atom. The normalized spacial score (nSPS) is 10.9. The van der Waals surface area contributed by atoms with Gasteiger partial charge in [-0.3, -0.25) is 0 Å². The number of imidazole rings is 1. The zero-order chi connectivity index (χ0) is 13.1. The van der Waals surface area contributed by atoms with Crippen LogP contribution in [0.1, 0.15) is 13.8 Å². The summed E-state index contributed by atoms with van der Waals surface area (Å²) in [5.74, 6) is 0.476. The van der Waals surface area contributed by atoms with E-state index in [9.17, 15) is 0 Å². The van der Waals surface area contributed by atoms with Crippen molar-refractivity contribution in [1.29, 1.82) is 0 Å². The van der Waals surface area contributed by atoms with Crippen LogP contribution in [0.25, 0.3) is 0 Å². The minimum atomic E-state index is 0.0493. The molecular weight excluding hydrogens is 248 g/mol. The van der Waals surface area contributed by atoms with E-state index in [0.29, 0.717) is 11.6 Å². The van der Waals surface area contributed by atoms with Crippen molar-refractivity contribution in [3.05, 3.63) is 24.5 Å². The molecule has 2 aromatic heterocycles. The van der Waals surface area contributed by atoms with E-state index >= 15 is 0 Å². The highest BCUT2D eigenvalue weighted by Crippen LogP contribution is 2.28. The van der Waals surface area contributed by atoms with Gasteiger partial charge < -0.3 is 15.0 Å². The van der Waals surface area contributed by atoms with Crippen molar-refractivity contribution >= 4 is 17.4 Å². The molecule has 0 radical (unpaired) electrons. The first-order valence-electron chi connectivity index (χ1n) is 5.64. The second kappa shape index (κ2) is 5.30. The standard InChI is InChI=1S/C12H16N4OS/c1-8(2)17-11-9(13)4-5-10(15-11)18-12-14-6-7-16(12)3/h4-8H,13H2,1-3H3. The van der Waals surface area contributed by atoms with Crippen LogP contribution < -0.4 is 10.5 Å². The fourth-order valence-electron chi connectivity index (χ4n) is 1.35. The van der Waals surface area contributed by atoms with Gasteiger partial charge in [0.2, 0.25) is 5.88 Å². The van der Waals surface area contributed by atoms with Gasteiger partial charge in [-0.2, -0.15) is 0 Å². The Morgan fingerprint density at radius 2 is 2.17 bits per heavy atom. The number of ether oxygens (including phenoxy) is 1. The van der Waals surface area contributed by atoms with E-state index in [2.05, 4.69) is 9.97 Å². The van der Waals surface area contributed by atoms with Crippen molar-refractivity contribution < 1.29 is 4.74 Å². The molecule has 5 nitrogen and oxygen atoms in total. The quantitative estimate of drug-likeness (QED) is 0.918. The molecule has 2 aromatic rings. The van der Waals surface area contributed by atoms with Gasteiger partial charge >= 0.3 is 0 Å². The van der Waals surface area contributed by atoms with Crippen molar-refractivity contribution in [2.75, 3.05) is 5.73 Å². The fraction of sp³-hybridized carbons (Fsp3) is 0.333. The third kappa shape index (κ3) is 2.95. The number of anilines is 1. The van der Waals surface area contributed by atoms with E-state index in [-0.39, 0.29) is 6.10 Å². The Labute approximate surface area is 110 Å². The maximum Gasteiger partial charge on any atom is 0.238 e. The maximum absolute atomic E-state index is 5.82. The second-order valence-electron chi connectivity index (χ2n) is 4.13. The number of aryl methyl sites for hydroxylation is 1. The number of hydrogen-bond acceptors (Lipinski definition) is 5. The van der Waals surface area contributed by atoms with Crippen LogP contribution in [0.5, 0.6) is 5.88 Å². The molecule has 0 unspecified atom stereocenters. The highest BCUT2D eigenvalue weighted by Gasteiger charge is 2.09. The molecule has 0 atom stereocenters. The molecule has 2 N–H and O–H groups in total. The summed E-state index contributed by atoms with van der Waals surface area (Å²) in [6.45, 7) is 3.89. The summed E-state index contributed by atoms with van der Waals surface area (Å²) in [7, 11) is 1.94. The van der Waals surface area contributed by atoms with Crippen LogP contribution in [-0.4, -0.2) is 20.6 Å². The zero-order valence-electron chi connectivity index (χ0n) is 10.6. The molecule has 6 heteroatoms. The lowest BCUT2D eigenvalue weighted by Crippen LogP contribution is -2.09. The molecule has 0 aliphatic carbocycles. The van der Waals surface area contributed by atoms with Gasteiger partial charge in [0.15, 0.2) is 5.16 Å². The van der Waals surface area contributed by atoms with Gasteiger partial charge in [-0.1, -0.05) is 0 Å². The van der Waals surface area contributed by atoms with Gasteiger partial charge in [0, 0.05) is 19.4 Å².